The highest BCUT2D eigenvalue weighted by molar-refractivity contribution is 6.03. The van der Waals surface area contributed by atoms with E-state index < -0.39 is 18.0 Å². The zero-order chi connectivity index (χ0) is 17.8. The average Bonchev–Trinajstić information content (AvgIpc) is 2.61. The van der Waals surface area contributed by atoms with Crippen molar-refractivity contribution in [1.29, 1.82) is 0 Å². The van der Waals surface area contributed by atoms with Crippen LogP contribution in [0.2, 0.25) is 0 Å². The highest BCUT2D eigenvalue weighted by Gasteiger charge is 2.21. The molecule has 126 valence electrons. The molecule has 0 aliphatic carbocycles. The van der Waals surface area contributed by atoms with Crippen molar-refractivity contribution in [2.24, 2.45) is 0 Å². The second kappa shape index (κ2) is 7.04. The largest absolute Gasteiger partial charge is 0.449 e. The van der Waals surface area contributed by atoms with E-state index in [9.17, 15) is 9.59 Å². The molecule has 1 amide bonds. The minimum atomic E-state index is -0.985. The Balaban J connectivity index is 1.72. The van der Waals surface area contributed by atoms with Crippen LogP contribution in [-0.2, 0) is 9.53 Å². The molecule has 1 N–H and O–H groups in total. The SMILES string of the molecule is Cc1cccc(NC(=O)C(C)OC(=O)c2cccc3nccnc23)n1. The van der Waals surface area contributed by atoms with Gasteiger partial charge in [-0.1, -0.05) is 12.1 Å². The van der Waals surface area contributed by atoms with E-state index in [1.165, 1.54) is 13.1 Å². The van der Waals surface area contributed by atoms with Crippen LogP contribution in [0.5, 0.6) is 0 Å². The van der Waals surface area contributed by atoms with Gasteiger partial charge in [-0.15, -0.1) is 0 Å². The van der Waals surface area contributed by atoms with Gasteiger partial charge in [0.2, 0.25) is 0 Å². The normalized spacial score (nSPS) is 11.8. The summed E-state index contributed by atoms with van der Waals surface area (Å²) in [5, 5.41) is 2.62. The van der Waals surface area contributed by atoms with E-state index in [0.717, 1.165) is 5.69 Å². The third-order valence-electron chi connectivity index (χ3n) is 3.51. The van der Waals surface area contributed by atoms with Crippen LogP contribution in [0, 0.1) is 6.92 Å². The van der Waals surface area contributed by atoms with Gasteiger partial charge in [0.05, 0.1) is 11.1 Å². The van der Waals surface area contributed by atoms with Gasteiger partial charge >= 0.3 is 5.97 Å². The van der Waals surface area contributed by atoms with Crippen LogP contribution in [0.15, 0.2) is 48.8 Å². The summed E-state index contributed by atoms with van der Waals surface area (Å²) in [5.74, 6) is -0.687. The molecule has 25 heavy (non-hydrogen) atoms. The third-order valence-corrected chi connectivity index (χ3v) is 3.51. The van der Waals surface area contributed by atoms with Crippen molar-refractivity contribution in [3.8, 4) is 0 Å². The fourth-order valence-corrected chi connectivity index (χ4v) is 2.28. The number of nitrogens with zero attached hydrogens (tertiary/aromatic N) is 3. The predicted octanol–water partition coefficient (Wildman–Crippen LogP) is 2.52. The molecule has 7 heteroatoms. The average molecular weight is 336 g/mol. The summed E-state index contributed by atoms with van der Waals surface area (Å²) >= 11 is 0. The van der Waals surface area contributed by atoms with Gasteiger partial charge in [-0.2, -0.15) is 0 Å². The number of carbonyl (C=O) groups is 2. The first-order chi connectivity index (χ1) is 12.0. The van der Waals surface area contributed by atoms with E-state index in [-0.39, 0.29) is 5.56 Å². The summed E-state index contributed by atoms with van der Waals surface area (Å²) in [6, 6.07) is 10.3. The summed E-state index contributed by atoms with van der Waals surface area (Å²) in [7, 11) is 0. The van der Waals surface area contributed by atoms with Crippen molar-refractivity contribution in [3.05, 3.63) is 60.0 Å². The quantitative estimate of drug-likeness (QED) is 0.736. The van der Waals surface area contributed by atoms with Gasteiger partial charge in [-0.05, 0) is 38.1 Å². The number of benzene rings is 1. The number of esters is 1. The van der Waals surface area contributed by atoms with E-state index in [1.54, 1.807) is 36.5 Å². The number of ether oxygens (including phenoxy) is 1. The lowest BCUT2D eigenvalue weighted by molar-refractivity contribution is -0.123. The van der Waals surface area contributed by atoms with Crippen molar-refractivity contribution in [3.63, 3.8) is 0 Å². The van der Waals surface area contributed by atoms with Gasteiger partial charge in [0.1, 0.15) is 11.3 Å². The maximum Gasteiger partial charge on any atom is 0.341 e. The Morgan fingerprint density at radius 2 is 1.84 bits per heavy atom. The molecule has 2 aromatic heterocycles. The second-order valence-corrected chi connectivity index (χ2v) is 5.43. The molecule has 0 aliphatic heterocycles. The maximum atomic E-state index is 12.4. The fraction of sp³-hybridized carbons (Fsp3) is 0.167. The molecule has 0 aliphatic rings. The second-order valence-electron chi connectivity index (χ2n) is 5.43. The standard InChI is InChI=1S/C18H16N4O3/c1-11-5-3-8-15(21-11)22-17(23)12(2)25-18(24)13-6-4-7-14-16(13)20-10-9-19-14/h3-10,12H,1-2H3,(H,21,22,23). The van der Waals surface area contributed by atoms with E-state index >= 15 is 0 Å². The number of para-hydroxylation sites is 1. The number of aromatic nitrogens is 3. The Bertz CT molecular complexity index is 937. The van der Waals surface area contributed by atoms with Gasteiger partial charge < -0.3 is 10.1 Å². The van der Waals surface area contributed by atoms with E-state index in [1.807, 2.05) is 13.0 Å². The van der Waals surface area contributed by atoms with Crippen molar-refractivity contribution in [2.75, 3.05) is 5.32 Å². The summed E-state index contributed by atoms with van der Waals surface area (Å²) in [6.07, 6.45) is 2.06. The molecular weight excluding hydrogens is 320 g/mol. The third kappa shape index (κ3) is 3.77. The first-order valence-corrected chi connectivity index (χ1v) is 7.70. The number of aryl methyl sites for hydroxylation is 1. The Hall–Kier alpha value is -3.35. The molecule has 7 nitrogen and oxygen atoms in total. The number of fused-ring (bicyclic) bond motifs is 1. The predicted molar refractivity (Wildman–Crippen MR) is 92.0 cm³/mol. The Kier molecular flexibility index (Phi) is 4.65. The summed E-state index contributed by atoms with van der Waals surface area (Å²) in [6.45, 7) is 3.32. The first-order valence-electron chi connectivity index (χ1n) is 7.70. The van der Waals surface area contributed by atoms with Gasteiger partial charge in [0.25, 0.3) is 5.91 Å². The molecule has 0 saturated carbocycles. The fourth-order valence-electron chi connectivity index (χ4n) is 2.28. The van der Waals surface area contributed by atoms with Crippen LogP contribution in [0.4, 0.5) is 5.82 Å². The molecule has 2 heterocycles. The zero-order valence-corrected chi connectivity index (χ0v) is 13.8. The van der Waals surface area contributed by atoms with Crippen LogP contribution < -0.4 is 5.32 Å². The van der Waals surface area contributed by atoms with Crippen molar-refractivity contribution in [1.82, 2.24) is 15.0 Å². The first kappa shape index (κ1) is 16.5. The van der Waals surface area contributed by atoms with Crippen LogP contribution >= 0.6 is 0 Å². The van der Waals surface area contributed by atoms with Gasteiger partial charge in [-0.25, -0.2) is 9.78 Å². The number of nitrogens with one attached hydrogen (secondary N) is 1. The number of amides is 1. The number of hydrogen-bond acceptors (Lipinski definition) is 6. The lowest BCUT2D eigenvalue weighted by Crippen LogP contribution is -2.30. The van der Waals surface area contributed by atoms with Gasteiger partial charge in [0.15, 0.2) is 6.10 Å². The molecule has 1 atom stereocenters. The number of rotatable bonds is 4. The molecule has 3 aromatic rings. The van der Waals surface area contributed by atoms with Crippen molar-refractivity contribution in [2.45, 2.75) is 20.0 Å². The lowest BCUT2D eigenvalue weighted by atomic mass is 10.2. The number of anilines is 1. The van der Waals surface area contributed by atoms with Gasteiger partial charge in [-0.3, -0.25) is 14.8 Å². The minimum absolute atomic E-state index is 0.263. The van der Waals surface area contributed by atoms with Crippen molar-refractivity contribution < 1.29 is 14.3 Å². The van der Waals surface area contributed by atoms with Crippen LogP contribution in [-0.4, -0.2) is 32.9 Å². The van der Waals surface area contributed by atoms with Crippen LogP contribution in [0.1, 0.15) is 23.0 Å². The Morgan fingerprint density at radius 1 is 1.08 bits per heavy atom. The summed E-state index contributed by atoms with van der Waals surface area (Å²) in [4.78, 5) is 37.1. The van der Waals surface area contributed by atoms with E-state index in [0.29, 0.717) is 16.9 Å². The number of hydrogen-bond donors (Lipinski definition) is 1. The molecule has 1 unspecified atom stereocenters. The minimum Gasteiger partial charge on any atom is -0.449 e. The molecule has 0 radical (unpaired) electrons. The molecule has 0 bridgehead atoms. The highest BCUT2D eigenvalue weighted by atomic mass is 16.5. The van der Waals surface area contributed by atoms with E-state index in [4.69, 9.17) is 4.74 Å². The zero-order valence-electron chi connectivity index (χ0n) is 13.8. The summed E-state index contributed by atoms with van der Waals surface area (Å²) in [5.41, 5.74) is 2.05. The van der Waals surface area contributed by atoms with Crippen LogP contribution in [0.25, 0.3) is 11.0 Å². The van der Waals surface area contributed by atoms with Crippen LogP contribution in [0.3, 0.4) is 0 Å². The molecular formula is C18H16N4O3. The monoisotopic (exact) mass is 336 g/mol. The topological polar surface area (TPSA) is 94.1 Å². The Labute approximate surface area is 144 Å². The Morgan fingerprint density at radius 3 is 2.64 bits per heavy atom. The highest BCUT2D eigenvalue weighted by Crippen LogP contribution is 2.16. The van der Waals surface area contributed by atoms with Crippen molar-refractivity contribution >= 4 is 28.7 Å². The number of pyridine rings is 1. The molecule has 0 saturated heterocycles. The summed E-state index contributed by atoms with van der Waals surface area (Å²) < 4.78 is 5.26. The molecule has 1 aromatic carbocycles. The van der Waals surface area contributed by atoms with E-state index in [2.05, 4.69) is 20.3 Å². The smallest absolute Gasteiger partial charge is 0.341 e. The molecule has 0 fully saturated rings. The maximum absolute atomic E-state index is 12.4. The van der Waals surface area contributed by atoms with Gasteiger partial charge in [0, 0.05) is 18.1 Å². The molecule has 0 spiro atoms. The lowest BCUT2D eigenvalue weighted by Gasteiger charge is -2.14. The molecule has 3 rings (SSSR count). The number of carbonyl (C=O) groups excluding carboxylic acids is 2.